The standard InChI is InChI=1S/C35H56NO3/c1-5-7-8-9-10-11-12-13-14-15-17-21-31-24-26-33(27-25-31)38-28-29-39-35(37)34(20-6-2)36(3,4)30-32-22-18-16-19-23-32/h16,18-19,22-27,34H,5-15,17,20-21,28-30H2,1-4H3/q+1. The van der Waals surface area contributed by atoms with E-state index in [9.17, 15) is 4.79 Å². The van der Waals surface area contributed by atoms with Crippen molar-refractivity contribution < 1.29 is 18.8 Å². The fourth-order valence-corrected chi connectivity index (χ4v) is 5.33. The summed E-state index contributed by atoms with van der Waals surface area (Å²) in [7, 11) is 4.23. The average Bonchev–Trinajstić information content (AvgIpc) is 2.93. The third-order valence-electron chi connectivity index (χ3n) is 7.70. The number of ether oxygens (including phenoxy) is 2. The van der Waals surface area contributed by atoms with Gasteiger partial charge in [-0.25, -0.2) is 4.79 Å². The lowest BCUT2D eigenvalue weighted by molar-refractivity contribution is -0.920. The van der Waals surface area contributed by atoms with Gasteiger partial charge in [0.05, 0.1) is 14.1 Å². The Kier molecular flexibility index (Phi) is 16.6. The SMILES string of the molecule is CCCCCCCCCCCCCc1ccc(OCCOC(=O)C(CCC)[N+](C)(C)Cc2ccccc2)cc1. The number of carbonyl (C=O) groups excluding carboxylic acids is 1. The van der Waals surface area contributed by atoms with Crippen LogP contribution in [0.15, 0.2) is 54.6 Å². The molecular formula is C35H56NO3+. The lowest BCUT2D eigenvalue weighted by Gasteiger charge is -2.36. The van der Waals surface area contributed by atoms with Crippen LogP contribution in [0.3, 0.4) is 0 Å². The van der Waals surface area contributed by atoms with Crippen LogP contribution in [0, 0.1) is 0 Å². The number of likely N-dealkylation sites (N-methyl/N-ethyl adjacent to an activating group) is 1. The van der Waals surface area contributed by atoms with Gasteiger partial charge in [-0.2, -0.15) is 0 Å². The van der Waals surface area contributed by atoms with E-state index in [1.807, 2.05) is 30.3 Å². The Bertz CT molecular complexity index is 879. The third-order valence-corrected chi connectivity index (χ3v) is 7.70. The number of quaternary nitrogens is 1. The second-order valence-electron chi connectivity index (χ2n) is 11.7. The predicted molar refractivity (Wildman–Crippen MR) is 164 cm³/mol. The molecule has 0 amide bonds. The Morgan fingerprint density at radius 1 is 0.692 bits per heavy atom. The molecule has 0 N–H and O–H groups in total. The number of rotatable bonds is 22. The Hall–Kier alpha value is -2.33. The maximum Gasteiger partial charge on any atom is 0.365 e. The van der Waals surface area contributed by atoms with Crippen LogP contribution < -0.4 is 4.74 Å². The van der Waals surface area contributed by atoms with Crippen molar-refractivity contribution in [3.05, 3.63) is 65.7 Å². The summed E-state index contributed by atoms with van der Waals surface area (Å²) < 4.78 is 12.1. The van der Waals surface area contributed by atoms with E-state index in [1.54, 1.807) is 0 Å². The number of aryl methyl sites for hydroxylation is 1. The summed E-state index contributed by atoms with van der Waals surface area (Å²) in [5, 5.41) is 0. The first kappa shape index (κ1) is 32.9. The van der Waals surface area contributed by atoms with Gasteiger partial charge in [-0.15, -0.1) is 0 Å². The minimum atomic E-state index is -0.190. The third kappa shape index (κ3) is 14.0. The molecule has 0 spiro atoms. The molecule has 39 heavy (non-hydrogen) atoms. The first-order valence-electron chi connectivity index (χ1n) is 15.7. The average molecular weight is 539 g/mol. The summed E-state index contributed by atoms with van der Waals surface area (Å²) in [6.45, 7) is 5.83. The van der Waals surface area contributed by atoms with Gasteiger partial charge in [0.25, 0.3) is 0 Å². The van der Waals surface area contributed by atoms with E-state index in [0.717, 1.165) is 31.6 Å². The van der Waals surface area contributed by atoms with E-state index < -0.39 is 0 Å². The van der Waals surface area contributed by atoms with Gasteiger partial charge in [-0.1, -0.05) is 121 Å². The van der Waals surface area contributed by atoms with Crippen LogP contribution in [-0.2, 0) is 22.5 Å². The van der Waals surface area contributed by atoms with Crippen LogP contribution in [0.2, 0.25) is 0 Å². The van der Waals surface area contributed by atoms with Gasteiger partial charge in [0, 0.05) is 12.0 Å². The predicted octanol–water partition coefficient (Wildman–Crippen LogP) is 8.91. The van der Waals surface area contributed by atoms with Crippen LogP contribution >= 0.6 is 0 Å². The molecule has 2 aromatic rings. The fourth-order valence-electron chi connectivity index (χ4n) is 5.33. The zero-order chi connectivity index (χ0) is 28.2. The summed E-state index contributed by atoms with van der Waals surface area (Å²) in [6, 6.07) is 18.6. The highest BCUT2D eigenvalue weighted by Gasteiger charge is 2.35. The molecule has 0 aromatic heterocycles. The summed E-state index contributed by atoms with van der Waals surface area (Å²) in [4.78, 5) is 13.0. The van der Waals surface area contributed by atoms with Crippen LogP contribution in [0.4, 0.5) is 0 Å². The molecule has 0 radical (unpaired) electrons. The van der Waals surface area contributed by atoms with Crippen LogP contribution in [-0.4, -0.2) is 43.8 Å². The zero-order valence-electron chi connectivity index (χ0n) is 25.5. The van der Waals surface area contributed by atoms with Crippen molar-refractivity contribution in [3.8, 4) is 5.75 Å². The quantitative estimate of drug-likeness (QED) is 0.0853. The maximum atomic E-state index is 13.0. The first-order chi connectivity index (χ1) is 19.0. The Balaban J connectivity index is 1.61. The lowest BCUT2D eigenvalue weighted by atomic mass is 10.0. The van der Waals surface area contributed by atoms with Gasteiger partial charge in [0.1, 0.15) is 25.5 Å². The lowest BCUT2D eigenvalue weighted by Crippen LogP contribution is -2.53. The van der Waals surface area contributed by atoms with Gasteiger partial charge in [0.15, 0.2) is 6.04 Å². The maximum absolute atomic E-state index is 13.0. The molecule has 0 aliphatic carbocycles. The number of hydrogen-bond donors (Lipinski definition) is 0. The van der Waals surface area contributed by atoms with E-state index in [-0.39, 0.29) is 18.6 Å². The van der Waals surface area contributed by atoms with Crippen LogP contribution in [0.25, 0.3) is 0 Å². The monoisotopic (exact) mass is 538 g/mol. The minimum absolute atomic E-state index is 0.135. The van der Waals surface area contributed by atoms with Crippen molar-refractivity contribution in [2.24, 2.45) is 0 Å². The summed E-state index contributed by atoms with van der Waals surface area (Å²) in [5.74, 6) is 0.697. The highest BCUT2D eigenvalue weighted by atomic mass is 16.6. The molecule has 2 aromatic carbocycles. The summed E-state index contributed by atoms with van der Waals surface area (Å²) in [6.07, 6.45) is 18.0. The molecule has 0 aliphatic rings. The van der Waals surface area contributed by atoms with Crippen molar-refractivity contribution in [2.75, 3.05) is 27.3 Å². The molecule has 4 heteroatoms. The molecule has 2 rings (SSSR count). The number of esters is 1. The zero-order valence-corrected chi connectivity index (χ0v) is 25.5. The number of carbonyl (C=O) groups is 1. The van der Waals surface area contributed by atoms with Crippen molar-refractivity contribution in [3.63, 3.8) is 0 Å². The molecule has 0 heterocycles. The molecule has 0 aliphatic heterocycles. The van der Waals surface area contributed by atoms with E-state index in [2.05, 4.69) is 52.2 Å². The fraction of sp³-hybridized carbons (Fsp3) is 0.629. The molecular weight excluding hydrogens is 482 g/mol. The van der Waals surface area contributed by atoms with E-state index in [1.165, 1.54) is 81.8 Å². The highest BCUT2D eigenvalue weighted by molar-refractivity contribution is 5.74. The summed E-state index contributed by atoms with van der Waals surface area (Å²) in [5.41, 5.74) is 2.59. The largest absolute Gasteiger partial charge is 0.490 e. The van der Waals surface area contributed by atoms with E-state index >= 15 is 0 Å². The molecule has 0 fully saturated rings. The minimum Gasteiger partial charge on any atom is -0.490 e. The molecule has 0 bridgehead atoms. The number of unbranched alkanes of at least 4 members (excludes halogenated alkanes) is 10. The Labute approximate surface area is 239 Å². The van der Waals surface area contributed by atoms with Gasteiger partial charge in [0.2, 0.25) is 0 Å². The second-order valence-corrected chi connectivity index (χ2v) is 11.7. The molecule has 218 valence electrons. The van der Waals surface area contributed by atoms with Gasteiger partial charge in [-0.3, -0.25) is 0 Å². The van der Waals surface area contributed by atoms with Crippen molar-refractivity contribution in [2.45, 2.75) is 116 Å². The first-order valence-corrected chi connectivity index (χ1v) is 15.7. The molecule has 1 unspecified atom stereocenters. The topological polar surface area (TPSA) is 35.5 Å². The number of benzene rings is 2. The summed E-state index contributed by atoms with van der Waals surface area (Å²) >= 11 is 0. The van der Waals surface area contributed by atoms with E-state index in [0.29, 0.717) is 11.1 Å². The molecule has 0 saturated heterocycles. The van der Waals surface area contributed by atoms with Gasteiger partial charge in [-0.05, 0) is 37.0 Å². The van der Waals surface area contributed by atoms with Crippen molar-refractivity contribution >= 4 is 5.97 Å². The number of hydrogen-bond acceptors (Lipinski definition) is 3. The van der Waals surface area contributed by atoms with Crippen molar-refractivity contribution in [1.82, 2.24) is 0 Å². The molecule has 4 nitrogen and oxygen atoms in total. The highest BCUT2D eigenvalue weighted by Crippen LogP contribution is 2.20. The normalized spacial score (nSPS) is 12.3. The molecule has 0 saturated carbocycles. The van der Waals surface area contributed by atoms with Gasteiger partial charge < -0.3 is 14.0 Å². The van der Waals surface area contributed by atoms with E-state index in [4.69, 9.17) is 9.47 Å². The second kappa shape index (κ2) is 19.7. The Morgan fingerprint density at radius 3 is 1.87 bits per heavy atom. The van der Waals surface area contributed by atoms with Crippen LogP contribution in [0.5, 0.6) is 5.75 Å². The number of nitrogens with zero attached hydrogens (tertiary/aromatic N) is 1. The van der Waals surface area contributed by atoms with Crippen LogP contribution in [0.1, 0.15) is 108 Å². The van der Waals surface area contributed by atoms with Crippen molar-refractivity contribution in [1.29, 1.82) is 0 Å². The Morgan fingerprint density at radius 2 is 1.28 bits per heavy atom. The van der Waals surface area contributed by atoms with Gasteiger partial charge >= 0.3 is 5.97 Å². The smallest absolute Gasteiger partial charge is 0.365 e. The molecule has 1 atom stereocenters.